The van der Waals surface area contributed by atoms with Crippen molar-refractivity contribution in [2.24, 2.45) is 23.5 Å². The molecule has 2 aliphatic rings. The van der Waals surface area contributed by atoms with Crippen LogP contribution in [-0.2, 0) is 4.74 Å². The highest BCUT2D eigenvalue weighted by atomic mass is 16.5. The van der Waals surface area contributed by atoms with Crippen molar-refractivity contribution in [3.63, 3.8) is 0 Å². The van der Waals surface area contributed by atoms with Crippen LogP contribution in [0.4, 0.5) is 0 Å². The Hall–Kier alpha value is -1.29. The zero-order valence-corrected chi connectivity index (χ0v) is 11.3. The Morgan fingerprint density at radius 2 is 2.32 bits per heavy atom. The summed E-state index contributed by atoms with van der Waals surface area (Å²) in [6.07, 6.45) is 6.46. The van der Waals surface area contributed by atoms with Crippen LogP contribution in [0.25, 0.3) is 0 Å². The second-order valence-electron chi connectivity index (χ2n) is 5.97. The Bertz CT molecular complexity index is 468. The molecule has 4 atom stereocenters. The van der Waals surface area contributed by atoms with Crippen LogP contribution in [-0.4, -0.2) is 13.1 Å². The summed E-state index contributed by atoms with van der Waals surface area (Å²) in [4.78, 5) is 11.3. The Balaban J connectivity index is 1.62. The maximum atomic E-state index is 11.3. The van der Waals surface area contributed by atoms with Gasteiger partial charge in [-0.25, -0.2) is 4.79 Å². The minimum absolute atomic E-state index is 0.109. The first-order valence-corrected chi connectivity index (χ1v) is 7.11. The largest absolute Gasteiger partial charge is 0.463 e. The number of fused-ring (bicyclic) bond motifs is 2. The second kappa shape index (κ2) is 5.00. The van der Waals surface area contributed by atoms with Crippen molar-refractivity contribution in [1.82, 2.24) is 0 Å². The third-order valence-corrected chi connectivity index (χ3v) is 4.82. The standard InChI is InChI=1S/C15H21NO3/c1-18-15(17)14-5-4-13(19-14)12(16)8-11-7-9-2-3-10(11)6-9/h4-5,9-12H,2-3,6-8,16H2,1H3. The summed E-state index contributed by atoms with van der Waals surface area (Å²) in [6.45, 7) is 0. The summed E-state index contributed by atoms with van der Waals surface area (Å²) in [5.41, 5.74) is 6.22. The van der Waals surface area contributed by atoms with Crippen molar-refractivity contribution in [3.05, 3.63) is 23.7 Å². The third-order valence-electron chi connectivity index (χ3n) is 4.82. The van der Waals surface area contributed by atoms with Gasteiger partial charge in [0.05, 0.1) is 13.2 Å². The SMILES string of the molecule is COC(=O)c1ccc(C(N)CC2CC3CCC2C3)o1. The Morgan fingerprint density at radius 3 is 2.95 bits per heavy atom. The maximum Gasteiger partial charge on any atom is 0.373 e. The average Bonchev–Trinajstić information content (AvgIpc) is 3.13. The predicted molar refractivity (Wildman–Crippen MR) is 70.5 cm³/mol. The zero-order valence-electron chi connectivity index (χ0n) is 11.3. The van der Waals surface area contributed by atoms with Crippen LogP contribution in [0.15, 0.2) is 16.5 Å². The first-order valence-electron chi connectivity index (χ1n) is 7.11. The van der Waals surface area contributed by atoms with E-state index < -0.39 is 5.97 Å². The molecule has 4 heteroatoms. The highest BCUT2D eigenvalue weighted by molar-refractivity contribution is 5.86. The van der Waals surface area contributed by atoms with Crippen molar-refractivity contribution in [1.29, 1.82) is 0 Å². The number of carbonyl (C=O) groups is 1. The first kappa shape index (κ1) is 12.7. The lowest BCUT2D eigenvalue weighted by Gasteiger charge is -2.23. The highest BCUT2D eigenvalue weighted by Gasteiger charge is 2.40. The molecule has 0 spiro atoms. The Kier molecular flexibility index (Phi) is 3.35. The molecule has 0 amide bonds. The smallest absolute Gasteiger partial charge is 0.373 e. The van der Waals surface area contributed by atoms with Gasteiger partial charge in [0.15, 0.2) is 0 Å². The van der Waals surface area contributed by atoms with Crippen LogP contribution >= 0.6 is 0 Å². The van der Waals surface area contributed by atoms with Crippen molar-refractivity contribution in [3.8, 4) is 0 Å². The number of methoxy groups -OCH3 is 1. The molecule has 2 N–H and O–H groups in total. The number of furan rings is 1. The van der Waals surface area contributed by atoms with Gasteiger partial charge in [0.1, 0.15) is 5.76 Å². The van der Waals surface area contributed by atoms with E-state index in [-0.39, 0.29) is 11.8 Å². The van der Waals surface area contributed by atoms with Gasteiger partial charge in [0, 0.05) is 0 Å². The van der Waals surface area contributed by atoms with Gasteiger partial charge in [-0.3, -0.25) is 0 Å². The van der Waals surface area contributed by atoms with Crippen LogP contribution in [0.5, 0.6) is 0 Å². The van der Waals surface area contributed by atoms with Gasteiger partial charge in [-0.1, -0.05) is 6.42 Å². The monoisotopic (exact) mass is 263 g/mol. The molecule has 4 unspecified atom stereocenters. The van der Waals surface area contributed by atoms with Crippen LogP contribution in [0.1, 0.15) is 54.5 Å². The van der Waals surface area contributed by atoms with Gasteiger partial charge in [-0.15, -0.1) is 0 Å². The van der Waals surface area contributed by atoms with E-state index in [2.05, 4.69) is 4.74 Å². The molecule has 2 fully saturated rings. The maximum absolute atomic E-state index is 11.3. The molecule has 0 aliphatic heterocycles. The van der Waals surface area contributed by atoms with E-state index in [1.165, 1.54) is 32.8 Å². The van der Waals surface area contributed by atoms with Gasteiger partial charge in [-0.2, -0.15) is 0 Å². The number of rotatable bonds is 4. The van der Waals surface area contributed by atoms with Gasteiger partial charge in [0.2, 0.25) is 5.76 Å². The number of ether oxygens (including phenoxy) is 1. The molecule has 2 saturated carbocycles. The molecule has 0 saturated heterocycles. The number of esters is 1. The molecule has 2 aliphatic carbocycles. The first-order chi connectivity index (χ1) is 9.17. The van der Waals surface area contributed by atoms with E-state index in [0.717, 1.165) is 24.2 Å². The van der Waals surface area contributed by atoms with Gasteiger partial charge < -0.3 is 14.9 Å². The van der Waals surface area contributed by atoms with E-state index in [0.29, 0.717) is 5.76 Å². The minimum Gasteiger partial charge on any atom is -0.463 e. The third kappa shape index (κ3) is 2.41. The molecular weight excluding hydrogens is 242 g/mol. The van der Waals surface area contributed by atoms with E-state index in [4.69, 9.17) is 10.2 Å². The fraction of sp³-hybridized carbons (Fsp3) is 0.667. The van der Waals surface area contributed by atoms with E-state index in [1.807, 2.05) is 0 Å². The summed E-state index contributed by atoms with van der Waals surface area (Å²) >= 11 is 0. The second-order valence-corrected chi connectivity index (χ2v) is 5.97. The summed E-state index contributed by atoms with van der Waals surface area (Å²) < 4.78 is 10.1. The van der Waals surface area contributed by atoms with Gasteiger partial charge >= 0.3 is 5.97 Å². The number of carbonyl (C=O) groups excluding carboxylic acids is 1. The quantitative estimate of drug-likeness (QED) is 0.848. The zero-order chi connectivity index (χ0) is 13.4. The van der Waals surface area contributed by atoms with Crippen LogP contribution in [0.2, 0.25) is 0 Å². The van der Waals surface area contributed by atoms with Gasteiger partial charge in [0.25, 0.3) is 0 Å². The van der Waals surface area contributed by atoms with E-state index >= 15 is 0 Å². The lowest BCUT2D eigenvalue weighted by Crippen LogP contribution is -2.19. The molecule has 0 aromatic carbocycles. The number of hydrogen-bond acceptors (Lipinski definition) is 4. The summed E-state index contributed by atoms with van der Waals surface area (Å²) in [5, 5.41) is 0. The molecule has 1 heterocycles. The molecule has 1 aromatic heterocycles. The fourth-order valence-corrected chi connectivity index (χ4v) is 3.87. The van der Waals surface area contributed by atoms with E-state index in [9.17, 15) is 4.79 Å². The molecule has 1 aromatic rings. The van der Waals surface area contributed by atoms with Crippen molar-refractivity contribution >= 4 is 5.97 Å². The molecule has 104 valence electrons. The summed E-state index contributed by atoms with van der Waals surface area (Å²) in [7, 11) is 1.35. The topological polar surface area (TPSA) is 65.5 Å². The summed E-state index contributed by atoms with van der Waals surface area (Å²) in [5.74, 6) is 3.03. The normalized spacial score (nSPS) is 30.5. The molecule has 19 heavy (non-hydrogen) atoms. The highest BCUT2D eigenvalue weighted by Crippen LogP contribution is 2.50. The van der Waals surface area contributed by atoms with Crippen molar-refractivity contribution < 1.29 is 13.9 Å². The van der Waals surface area contributed by atoms with E-state index in [1.54, 1.807) is 12.1 Å². The molecule has 4 nitrogen and oxygen atoms in total. The Labute approximate surface area is 113 Å². The molecule has 3 rings (SSSR count). The predicted octanol–water partition coefficient (Wildman–Crippen LogP) is 2.89. The lowest BCUT2D eigenvalue weighted by atomic mass is 9.84. The van der Waals surface area contributed by atoms with Crippen LogP contribution in [0, 0.1) is 17.8 Å². The summed E-state index contributed by atoms with van der Waals surface area (Å²) in [6, 6.07) is 3.33. The Morgan fingerprint density at radius 1 is 1.47 bits per heavy atom. The lowest BCUT2D eigenvalue weighted by molar-refractivity contribution is 0.0562. The molecule has 0 radical (unpaired) electrons. The average molecular weight is 263 g/mol. The number of hydrogen-bond donors (Lipinski definition) is 1. The molecular formula is C15H21NO3. The number of nitrogens with two attached hydrogens (primary N) is 1. The van der Waals surface area contributed by atoms with Gasteiger partial charge in [-0.05, 0) is 55.6 Å². The minimum atomic E-state index is -0.446. The van der Waals surface area contributed by atoms with Crippen LogP contribution < -0.4 is 5.73 Å². The fourth-order valence-electron chi connectivity index (χ4n) is 3.87. The van der Waals surface area contributed by atoms with Crippen molar-refractivity contribution in [2.75, 3.05) is 7.11 Å². The van der Waals surface area contributed by atoms with Crippen LogP contribution in [0.3, 0.4) is 0 Å². The molecule has 2 bridgehead atoms. The van der Waals surface area contributed by atoms with Crippen molar-refractivity contribution in [2.45, 2.75) is 38.1 Å².